The predicted octanol–water partition coefficient (Wildman–Crippen LogP) is 3.65. The Morgan fingerprint density at radius 3 is 2.83 bits per heavy atom. The summed E-state index contributed by atoms with van der Waals surface area (Å²) in [6.07, 6.45) is 1.82. The third-order valence-corrected chi connectivity index (χ3v) is 3.78. The van der Waals surface area contributed by atoms with Crippen LogP contribution < -0.4 is 5.32 Å². The van der Waals surface area contributed by atoms with Crippen molar-refractivity contribution in [3.63, 3.8) is 0 Å². The van der Waals surface area contributed by atoms with Crippen molar-refractivity contribution >= 4 is 34.5 Å². The monoisotopic (exact) mass is 305 g/mol. The highest BCUT2D eigenvalue weighted by atomic mass is 35.5. The Morgan fingerprint density at radius 1 is 1.33 bits per heavy atom. The number of halogens is 2. The summed E-state index contributed by atoms with van der Waals surface area (Å²) in [5, 5.41) is 11.2. The van der Waals surface area contributed by atoms with Gasteiger partial charge in [-0.15, -0.1) is 21.5 Å². The van der Waals surface area contributed by atoms with Crippen molar-refractivity contribution in [3.05, 3.63) is 20.6 Å². The Bertz CT molecular complexity index is 512. The predicted molar refractivity (Wildman–Crippen MR) is 74.5 cm³/mol. The van der Waals surface area contributed by atoms with Crippen molar-refractivity contribution in [3.8, 4) is 11.5 Å². The minimum absolute atomic E-state index is 0.425. The Morgan fingerprint density at radius 2 is 2.17 bits per heavy atom. The molecular weight excluding hydrogens is 293 g/mol. The van der Waals surface area contributed by atoms with E-state index in [2.05, 4.69) is 22.4 Å². The molecule has 0 saturated carbocycles. The largest absolute Gasteiger partial charge is 0.421 e. The molecule has 0 spiro atoms. The molecule has 1 N–H and O–H groups in total. The topological polar surface area (TPSA) is 51.0 Å². The highest BCUT2D eigenvalue weighted by Gasteiger charge is 2.14. The van der Waals surface area contributed by atoms with Crippen LogP contribution in [-0.4, -0.2) is 23.3 Å². The Hall–Kier alpha value is -0.620. The van der Waals surface area contributed by atoms with Crippen LogP contribution in [0.1, 0.15) is 19.2 Å². The third kappa shape index (κ3) is 3.45. The first-order valence-corrected chi connectivity index (χ1v) is 7.26. The van der Waals surface area contributed by atoms with Gasteiger partial charge in [0.1, 0.15) is 4.34 Å². The van der Waals surface area contributed by atoms with E-state index in [9.17, 15) is 0 Å². The van der Waals surface area contributed by atoms with Gasteiger partial charge in [0, 0.05) is 13.0 Å². The fourth-order valence-corrected chi connectivity index (χ4v) is 2.89. The molecule has 2 aromatic heterocycles. The van der Waals surface area contributed by atoms with Gasteiger partial charge in [-0.05, 0) is 19.0 Å². The smallest absolute Gasteiger partial charge is 0.250 e. The van der Waals surface area contributed by atoms with E-state index in [1.165, 1.54) is 11.3 Å². The molecule has 0 aliphatic heterocycles. The molecule has 2 aromatic rings. The molecule has 0 bridgehead atoms. The van der Waals surface area contributed by atoms with Gasteiger partial charge in [0.2, 0.25) is 11.8 Å². The lowest BCUT2D eigenvalue weighted by atomic mass is 10.3. The van der Waals surface area contributed by atoms with Crippen molar-refractivity contribution in [2.75, 3.05) is 13.1 Å². The molecule has 18 heavy (non-hydrogen) atoms. The van der Waals surface area contributed by atoms with Crippen molar-refractivity contribution in [1.82, 2.24) is 15.5 Å². The standard InChI is InChI=1S/C11H13Cl2N3OS/c1-2-4-14-5-3-9-15-16-11(17-9)7-6-8(12)18-10(7)13/h6,14H,2-5H2,1H3. The summed E-state index contributed by atoms with van der Waals surface area (Å²) in [6.45, 7) is 3.95. The van der Waals surface area contributed by atoms with Gasteiger partial charge in [0.05, 0.1) is 9.90 Å². The molecule has 0 aliphatic rings. The molecule has 2 rings (SSSR count). The molecule has 0 fully saturated rings. The quantitative estimate of drug-likeness (QED) is 0.828. The van der Waals surface area contributed by atoms with Gasteiger partial charge in [0.15, 0.2) is 0 Å². The summed E-state index contributed by atoms with van der Waals surface area (Å²) in [7, 11) is 0. The molecule has 0 amide bonds. The Kier molecular flexibility index (Phi) is 5.00. The van der Waals surface area contributed by atoms with E-state index in [1.807, 2.05) is 0 Å². The first-order valence-electron chi connectivity index (χ1n) is 5.69. The van der Waals surface area contributed by atoms with E-state index in [0.29, 0.717) is 32.4 Å². The minimum atomic E-state index is 0.425. The maximum absolute atomic E-state index is 6.03. The van der Waals surface area contributed by atoms with E-state index >= 15 is 0 Å². The van der Waals surface area contributed by atoms with Crippen LogP contribution in [-0.2, 0) is 6.42 Å². The SMILES string of the molecule is CCCNCCc1nnc(-c2cc(Cl)sc2Cl)o1. The zero-order chi connectivity index (χ0) is 13.0. The maximum atomic E-state index is 6.03. The van der Waals surface area contributed by atoms with E-state index in [-0.39, 0.29) is 0 Å². The number of rotatable bonds is 6. The summed E-state index contributed by atoms with van der Waals surface area (Å²) in [4.78, 5) is 0. The number of nitrogens with one attached hydrogen (secondary N) is 1. The van der Waals surface area contributed by atoms with Crippen molar-refractivity contribution < 1.29 is 4.42 Å². The van der Waals surface area contributed by atoms with E-state index < -0.39 is 0 Å². The van der Waals surface area contributed by atoms with Crippen LogP contribution >= 0.6 is 34.5 Å². The van der Waals surface area contributed by atoms with Gasteiger partial charge in [-0.25, -0.2) is 0 Å². The van der Waals surface area contributed by atoms with Crippen LogP contribution in [0.3, 0.4) is 0 Å². The second-order valence-electron chi connectivity index (χ2n) is 3.74. The van der Waals surface area contributed by atoms with Crippen molar-refractivity contribution in [1.29, 1.82) is 0 Å². The molecule has 0 radical (unpaired) electrons. The fourth-order valence-electron chi connectivity index (χ4n) is 1.45. The normalized spacial score (nSPS) is 11.1. The van der Waals surface area contributed by atoms with Gasteiger partial charge in [-0.3, -0.25) is 0 Å². The second-order valence-corrected chi connectivity index (χ2v) is 6.02. The Labute approximate surface area is 119 Å². The van der Waals surface area contributed by atoms with Crippen molar-refractivity contribution in [2.45, 2.75) is 19.8 Å². The second kappa shape index (κ2) is 6.52. The fraction of sp³-hybridized carbons (Fsp3) is 0.455. The number of aromatic nitrogens is 2. The minimum Gasteiger partial charge on any atom is -0.421 e. The van der Waals surface area contributed by atoms with Gasteiger partial charge in [-0.2, -0.15) is 0 Å². The van der Waals surface area contributed by atoms with Crippen LogP contribution in [0.15, 0.2) is 10.5 Å². The highest BCUT2D eigenvalue weighted by molar-refractivity contribution is 7.20. The van der Waals surface area contributed by atoms with E-state index in [1.54, 1.807) is 6.07 Å². The molecule has 4 nitrogen and oxygen atoms in total. The highest BCUT2D eigenvalue weighted by Crippen LogP contribution is 2.37. The van der Waals surface area contributed by atoms with Crippen LogP contribution in [0.25, 0.3) is 11.5 Å². The summed E-state index contributed by atoms with van der Waals surface area (Å²) in [5.74, 6) is 1.03. The number of thiophene rings is 1. The first kappa shape index (κ1) is 13.8. The molecule has 7 heteroatoms. The summed E-state index contributed by atoms with van der Waals surface area (Å²) in [5.41, 5.74) is 0.701. The van der Waals surface area contributed by atoms with Crippen LogP contribution in [0.4, 0.5) is 0 Å². The average Bonchev–Trinajstić information content (AvgIpc) is 2.91. The molecule has 0 unspecified atom stereocenters. The first-order chi connectivity index (χ1) is 8.70. The van der Waals surface area contributed by atoms with Crippen LogP contribution in [0, 0.1) is 0 Å². The molecular formula is C11H13Cl2N3OS. The van der Waals surface area contributed by atoms with Crippen LogP contribution in [0.2, 0.25) is 8.67 Å². The van der Waals surface area contributed by atoms with E-state index in [4.69, 9.17) is 27.6 Å². The molecule has 0 atom stereocenters. The number of hydrogen-bond acceptors (Lipinski definition) is 5. The molecule has 0 aliphatic carbocycles. The lowest BCUT2D eigenvalue weighted by Crippen LogP contribution is -2.17. The molecule has 0 saturated heterocycles. The third-order valence-electron chi connectivity index (χ3n) is 2.30. The lowest BCUT2D eigenvalue weighted by Gasteiger charge is -1.98. The summed E-state index contributed by atoms with van der Waals surface area (Å²) in [6, 6.07) is 1.74. The maximum Gasteiger partial charge on any atom is 0.250 e. The van der Waals surface area contributed by atoms with Crippen LogP contribution in [0.5, 0.6) is 0 Å². The lowest BCUT2D eigenvalue weighted by molar-refractivity contribution is 0.494. The summed E-state index contributed by atoms with van der Waals surface area (Å²) >= 11 is 13.2. The van der Waals surface area contributed by atoms with E-state index in [0.717, 1.165) is 19.5 Å². The summed E-state index contributed by atoms with van der Waals surface area (Å²) < 4.78 is 6.72. The van der Waals surface area contributed by atoms with Gasteiger partial charge in [-0.1, -0.05) is 30.1 Å². The van der Waals surface area contributed by atoms with Gasteiger partial charge >= 0.3 is 0 Å². The molecule has 98 valence electrons. The number of nitrogens with zero attached hydrogens (tertiary/aromatic N) is 2. The zero-order valence-electron chi connectivity index (χ0n) is 9.87. The molecule has 0 aromatic carbocycles. The van der Waals surface area contributed by atoms with Crippen molar-refractivity contribution in [2.24, 2.45) is 0 Å². The van der Waals surface area contributed by atoms with Gasteiger partial charge < -0.3 is 9.73 Å². The number of hydrogen-bond donors (Lipinski definition) is 1. The average molecular weight is 306 g/mol. The molecule has 2 heterocycles. The Balaban J connectivity index is 1.99. The van der Waals surface area contributed by atoms with Gasteiger partial charge in [0.25, 0.3) is 0 Å². The zero-order valence-corrected chi connectivity index (χ0v) is 12.2.